The molecule has 1 fully saturated rings. The van der Waals surface area contributed by atoms with E-state index in [1.54, 1.807) is 19.9 Å². The number of rotatable bonds is 5. The number of hydrogen-bond donors (Lipinski definition) is 2. The van der Waals surface area contributed by atoms with Gasteiger partial charge in [0, 0.05) is 30.4 Å². The third-order valence-electron chi connectivity index (χ3n) is 5.91. The zero-order valence-corrected chi connectivity index (χ0v) is 18.1. The Kier molecular flexibility index (Phi) is 6.40. The number of carbonyl (C=O) groups excluding carboxylic acids is 3. The summed E-state index contributed by atoms with van der Waals surface area (Å²) in [6.07, 6.45) is 2.95. The van der Waals surface area contributed by atoms with E-state index in [9.17, 15) is 19.5 Å². The maximum Gasteiger partial charge on any atom is 0.343 e. The molecule has 0 aromatic heterocycles. The molecule has 0 aromatic carbocycles. The fraction of sp³-hybridized carbons (Fsp3) is 0.591. The zero-order valence-electron chi connectivity index (χ0n) is 18.1. The smallest absolute Gasteiger partial charge is 0.343 e. The highest BCUT2D eigenvalue weighted by Gasteiger charge is 2.52. The van der Waals surface area contributed by atoms with Gasteiger partial charge in [0.25, 0.3) is 0 Å². The Labute approximate surface area is 180 Å². The molecule has 2 N–H and O–H groups in total. The molecule has 2 bridgehead atoms. The fourth-order valence-corrected chi connectivity index (χ4v) is 4.08. The number of esters is 3. The molecule has 0 radical (unpaired) electrons. The molecule has 31 heavy (non-hydrogen) atoms. The van der Waals surface area contributed by atoms with Crippen LogP contribution >= 0.6 is 0 Å². The molecule has 1 saturated heterocycles. The van der Waals surface area contributed by atoms with Crippen molar-refractivity contribution < 1.29 is 43.5 Å². The van der Waals surface area contributed by atoms with Crippen molar-refractivity contribution in [2.24, 2.45) is 5.92 Å². The van der Waals surface area contributed by atoms with Crippen molar-refractivity contribution in [1.82, 2.24) is 0 Å². The number of hydrogen-bond acceptors (Lipinski definition) is 9. The predicted octanol–water partition coefficient (Wildman–Crippen LogP) is 1.43. The first kappa shape index (κ1) is 23.2. The summed E-state index contributed by atoms with van der Waals surface area (Å²) in [6, 6.07) is 0. The Morgan fingerprint density at radius 2 is 2.03 bits per heavy atom. The van der Waals surface area contributed by atoms with Crippen molar-refractivity contribution in [3.8, 4) is 0 Å². The SMILES string of the molecule is CC(=O)OCC1=C2/C(=C\[C@@]3(C)CC[C@](O)(O3)[C@H](C)C[C@@H]2OC(=O)/C(C)=C/CO)OC1=O. The maximum absolute atomic E-state index is 12.6. The second kappa shape index (κ2) is 8.57. The van der Waals surface area contributed by atoms with E-state index in [0.29, 0.717) is 18.4 Å². The van der Waals surface area contributed by atoms with Gasteiger partial charge in [0.2, 0.25) is 0 Å². The second-order valence-electron chi connectivity index (χ2n) is 8.43. The average Bonchev–Trinajstić information content (AvgIpc) is 3.15. The Morgan fingerprint density at radius 3 is 2.68 bits per heavy atom. The normalized spacial score (nSPS) is 34.7. The minimum absolute atomic E-state index is 0.0728. The van der Waals surface area contributed by atoms with Gasteiger partial charge in [-0.25, -0.2) is 9.59 Å². The van der Waals surface area contributed by atoms with Crippen LogP contribution in [0, 0.1) is 5.92 Å². The van der Waals surface area contributed by atoms with Gasteiger partial charge in [-0.1, -0.05) is 6.92 Å². The monoisotopic (exact) mass is 436 g/mol. The highest BCUT2D eigenvalue weighted by molar-refractivity contribution is 5.96. The van der Waals surface area contributed by atoms with Crippen LogP contribution in [0.4, 0.5) is 0 Å². The number of aliphatic hydroxyl groups excluding tert-OH is 1. The van der Waals surface area contributed by atoms with Crippen molar-refractivity contribution in [3.05, 3.63) is 34.6 Å². The first-order chi connectivity index (χ1) is 14.5. The first-order valence-corrected chi connectivity index (χ1v) is 10.2. The molecule has 3 heterocycles. The fourth-order valence-electron chi connectivity index (χ4n) is 4.08. The van der Waals surface area contributed by atoms with Crippen LogP contribution in [-0.2, 0) is 33.3 Å². The van der Waals surface area contributed by atoms with Gasteiger partial charge in [0.15, 0.2) is 5.79 Å². The lowest BCUT2D eigenvalue weighted by molar-refractivity contribution is -0.238. The van der Waals surface area contributed by atoms with Crippen LogP contribution in [0.2, 0.25) is 0 Å². The van der Waals surface area contributed by atoms with Gasteiger partial charge >= 0.3 is 17.9 Å². The van der Waals surface area contributed by atoms with Crippen molar-refractivity contribution in [2.45, 2.75) is 64.4 Å². The highest BCUT2D eigenvalue weighted by Crippen LogP contribution is 2.47. The summed E-state index contributed by atoms with van der Waals surface area (Å²) in [5, 5.41) is 20.1. The van der Waals surface area contributed by atoms with Gasteiger partial charge in [0.1, 0.15) is 18.5 Å². The van der Waals surface area contributed by atoms with Crippen LogP contribution in [0.25, 0.3) is 0 Å². The minimum atomic E-state index is -1.44. The maximum atomic E-state index is 12.6. The number of aliphatic hydroxyl groups is 2. The van der Waals surface area contributed by atoms with Gasteiger partial charge in [0.05, 0.1) is 17.8 Å². The van der Waals surface area contributed by atoms with E-state index in [2.05, 4.69) is 0 Å². The Balaban J connectivity index is 2.10. The molecule has 0 aliphatic carbocycles. The number of ether oxygens (including phenoxy) is 4. The molecule has 0 spiro atoms. The minimum Gasteiger partial charge on any atom is -0.461 e. The summed E-state index contributed by atoms with van der Waals surface area (Å²) >= 11 is 0. The number of fused-ring (bicyclic) bond motifs is 3. The largest absolute Gasteiger partial charge is 0.461 e. The van der Waals surface area contributed by atoms with Crippen LogP contribution in [0.1, 0.15) is 47.0 Å². The standard InChI is InChI=1S/C22H28O9/c1-12(5-8-23)19(25)29-16-9-13(2)22(27)7-6-21(4,31-22)10-17-18(16)15(20(26)30-17)11-28-14(3)24/h5,10,13,16,23,27H,6-9,11H2,1-4H3/b12-5+,17-10+/t13-,16+,21-,22+/m1/s1. The summed E-state index contributed by atoms with van der Waals surface area (Å²) in [4.78, 5) is 36.5. The molecule has 4 atom stereocenters. The van der Waals surface area contributed by atoms with Gasteiger partial charge < -0.3 is 29.2 Å². The Hall–Kier alpha value is -2.49. The molecular weight excluding hydrogens is 408 g/mol. The molecule has 170 valence electrons. The summed E-state index contributed by atoms with van der Waals surface area (Å²) in [5.41, 5.74) is -0.337. The lowest BCUT2D eigenvalue weighted by Gasteiger charge is -2.33. The van der Waals surface area contributed by atoms with Crippen LogP contribution < -0.4 is 0 Å². The molecule has 0 saturated carbocycles. The van der Waals surface area contributed by atoms with Crippen LogP contribution in [-0.4, -0.2) is 58.8 Å². The third-order valence-corrected chi connectivity index (χ3v) is 5.91. The van der Waals surface area contributed by atoms with E-state index < -0.39 is 41.3 Å². The summed E-state index contributed by atoms with van der Waals surface area (Å²) in [6.45, 7) is 5.60. The molecule has 3 aliphatic heterocycles. The van der Waals surface area contributed by atoms with E-state index in [1.165, 1.54) is 19.9 Å². The van der Waals surface area contributed by atoms with Crippen molar-refractivity contribution >= 4 is 17.9 Å². The van der Waals surface area contributed by atoms with Gasteiger partial charge in [-0.15, -0.1) is 0 Å². The molecule has 0 unspecified atom stereocenters. The molecule has 3 aliphatic rings. The summed E-state index contributed by atoms with van der Waals surface area (Å²) in [5.74, 6) is -3.70. The van der Waals surface area contributed by atoms with E-state index in [4.69, 9.17) is 24.1 Å². The predicted molar refractivity (Wildman–Crippen MR) is 106 cm³/mol. The highest BCUT2D eigenvalue weighted by atomic mass is 16.6. The van der Waals surface area contributed by atoms with E-state index in [1.807, 2.05) is 0 Å². The van der Waals surface area contributed by atoms with E-state index in [-0.39, 0.29) is 36.5 Å². The van der Waals surface area contributed by atoms with Crippen LogP contribution in [0.15, 0.2) is 34.6 Å². The second-order valence-corrected chi connectivity index (χ2v) is 8.43. The molecule has 9 heteroatoms. The summed E-state index contributed by atoms with van der Waals surface area (Å²) in [7, 11) is 0. The third kappa shape index (κ3) is 4.73. The summed E-state index contributed by atoms with van der Waals surface area (Å²) < 4.78 is 22.2. The van der Waals surface area contributed by atoms with Gasteiger partial charge in [-0.3, -0.25) is 4.79 Å². The topological polar surface area (TPSA) is 129 Å². The number of carbonyl (C=O) groups is 3. The molecule has 0 aromatic rings. The van der Waals surface area contributed by atoms with Crippen molar-refractivity contribution in [1.29, 1.82) is 0 Å². The van der Waals surface area contributed by atoms with Crippen LogP contribution in [0.5, 0.6) is 0 Å². The van der Waals surface area contributed by atoms with E-state index >= 15 is 0 Å². The molecule has 3 rings (SSSR count). The Morgan fingerprint density at radius 1 is 1.32 bits per heavy atom. The lowest BCUT2D eigenvalue weighted by Crippen LogP contribution is -2.40. The zero-order chi connectivity index (χ0) is 23.0. The first-order valence-electron chi connectivity index (χ1n) is 10.2. The van der Waals surface area contributed by atoms with Crippen LogP contribution in [0.3, 0.4) is 0 Å². The lowest BCUT2D eigenvalue weighted by atomic mass is 9.86. The molecule has 0 amide bonds. The quantitative estimate of drug-likeness (QED) is 0.374. The van der Waals surface area contributed by atoms with E-state index in [0.717, 1.165) is 0 Å². The Bertz CT molecular complexity index is 883. The van der Waals surface area contributed by atoms with Gasteiger partial charge in [-0.05, 0) is 38.8 Å². The average molecular weight is 436 g/mol. The van der Waals surface area contributed by atoms with Crippen molar-refractivity contribution in [2.75, 3.05) is 13.2 Å². The van der Waals surface area contributed by atoms with Gasteiger partial charge in [-0.2, -0.15) is 0 Å². The molecular formula is C22H28O9. The van der Waals surface area contributed by atoms with Crippen molar-refractivity contribution in [3.63, 3.8) is 0 Å². The molecule has 9 nitrogen and oxygen atoms in total.